The van der Waals surface area contributed by atoms with Crippen molar-refractivity contribution in [1.29, 1.82) is 0 Å². The minimum absolute atomic E-state index is 0.139. The Bertz CT molecular complexity index is 757. The van der Waals surface area contributed by atoms with E-state index in [1.165, 1.54) is 31.3 Å². The van der Waals surface area contributed by atoms with Gasteiger partial charge in [0.25, 0.3) is 0 Å². The molecule has 0 aliphatic heterocycles. The Labute approximate surface area is 184 Å². The Morgan fingerprint density at radius 1 is 1.03 bits per heavy atom. The first-order chi connectivity index (χ1) is 14.0. The summed E-state index contributed by atoms with van der Waals surface area (Å²) in [5.41, 5.74) is 3.13. The molecule has 168 valence electrons. The molecule has 0 heterocycles. The molecule has 2 heteroatoms. The third-order valence-corrected chi connectivity index (χ3v) is 10.2. The first-order valence-corrected chi connectivity index (χ1v) is 12.5. The molecular weight excluding hydrogens is 368 g/mol. The van der Waals surface area contributed by atoms with E-state index in [4.69, 9.17) is 0 Å². The topological polar surface area (TPSA) is 40.5 Å². The van der Waals surface area contributed by atoms with Gasteiger partial charge in [-0.2, -0.15) is 0 Å². The van der Waals surface area contributed by atoms with Gasteiger partial charge in [-0.25, -0.2) is 0 Å². The van der Waals surface area contributed by atoms with Crippen molar-refractivity contribution in [2.24, 2.45) is 40.4 Å². The van der Waals surface area contributed by atoms with Gasteiger partial charge in [0.05, 0.1) is 11.7 Å². The molecule has 4 aliphatic rings. The van der Waals surface area contributed by atoms with Gasteiger partial charge in [-0.1, -0.05) is 70.1 Å². The molecule has 3 saturated carbocycles. The van der Waals surface area contributed by atoms with Gasteiger partial charge in [-0.05, 0) is 92.3 Å². The maximum absolute atomic E-state index is 10.7. The van der Waals surface area contributed by atoms with Gasteiger partial charge in [-0.3, -0.25) is 0 Å². The van der Waals surface area contributed by atoms with Crippen molar-refractivity contribution >= 4 is 0 Å². The number of fused-ring (bicyclic) bond motifs is 5. The van der Waals surface area contributed by atoms with Gasteiger partial charge in [-0.15, -0.1) is 0 Å². The monoisotopic (exact) mass is 412 g/mol. The van der Waals surface area contributed by atoms with Gasteiger partial charge in [0, 0.05) is 0 Å². The van der Waals surface area contributed by atoms with Crippen LogP contribution in [0, 0.1) is 40.4 Å². The largest absolute Gasteiger partial charge is 0.393 e. The van der Waals surface area contributed by atoms with Crippen LogP contribution in [-0.4, -0.2) is 21.9 Å². The molecule has 0 amide bonds. The average molecular weight is 413 g/mol. The first kappa shape index (κ1) is 22.3. The summed E-state index contributed by atoms with van der Waals surface area (Å²) in [6.45, 7) is 13.5. The van der Waals surface area contributed by atoms with E-state index in [1.807, 2.05) is 6.92 Å². The Kier molecular flexibility index (Phi) is 5.68. The van der Waals surface area contributed by atoms with Crippen LogP contribution in [0.2, 0.25) is 0 Å². The molecular formula is C28H44O2. The second kappa shape index (κ2) is 7.62. The Hall–Kier alpha value is -0.860. The molecule has 0 bridgehead atoms. The van der Waals surface area contributed by atoms with E-state index >= 15 is 0 Å². The normalized spacial score (nSPS) is 44.0. The summed E-state index contributed by atoms with van der Waals surface area (Å²) in [4.78, 5) is 0. The lowest BCUT2D eigenvalue weighted by Gasteiger charge is -2.55. The quantitative estimate of drug-likeness (QED) is 0.521. The maximum atomic E-state index is 10.7. The zero-order chi connectivity index (χ0) is 21.9. The van der Waals surface area contributed by atoms with Crippen LogP contribution < -0.4 is 0 Å². The maximum Gasteiger partial charge on any atom is 0.0822 e. The summed E-state index contributed by atoms with van der Waals surface area (Å²) in [7, 11) is 0. The van der Waals surface area contributed by atoms with Gasteiger partial charge in [0.2, 0.25) is 0 Å². The Balaban J connectivity index is 1.57. The molecule has 4 aliphatic carbocycles. The summed E-state index contributed by atoms with van der Waals surface area (Å²) in [6.07, 6.45) is 17.3. The lowest BCUT2D eigenvalue weighted by molar-refractivity contribution is 0.0373. The van der Waals surface area contributed by atoms with E-state index in [2.05, 4.69) is 58.9 Å². The number of hydrogen-bond acceptors (Lipinski definition) is 2. The second-order valence-corrected chi connectivity index (χ2v) is 12.1. The van der Waals surface area contributed by atoms with E-state index in [0.717, 1.165) is 19.3 Å². The molecule has 0 aromatic rings. The van der Waals surface area contributed by atoms with E-state index in [-0.39, 0.29) is 17.4 Å². The van der Waals surface area contributed by atoms with E-state index in [9.17, 15) is 10.2 Å². The molecule has 0 unspecified atom stereocenters. The summed E-state index contributed by atoms with van der Waals surface area (Å²) in [5.74, 6) is 2.79. The van der Waals surface area contributed by atoms with Crippen LogP contribution in [0.5, 0.6) is 0 Å². The molecule has 8 atom stereocenters. The van der Waals surface area contributed by atoms with Crippen molar-refractivity contribution in [1.82, 2.24) is 0 Å². The molecule has 30 heavy (non-hydrogen) atoms. The third-order valence-electron chi connectivity index (χ3n) is 10.2. The van der Waals surface area contributed by atoms with Crippen LogP contribution in [0.1, 0.15) is 86.5 Å². The fraction of sp³-hybridized carbons (Fsp3) is 0.786. The van der Waals surface area contributed by atoms with Crippen molar-refractivity contribution < 1.29 is 10.2 Å². The number of hydrogen-bond donors (Lipinski definition) is 2. The minimum atomic E-state index is -0.724. The van der Waals surface area contributed by atoms with Gasteiger partial charge in [0.15, 0.2) is 0 Å². The van der Waals surface area contributed by atoms with Crippen LogP contribution in [0.4, 0.5) is 0 Å². The number of aliphatic hydroxyl groups excluding tert-OH is 1. The summed E-state index contributed by atoms with van der Waals surface area (Å²) in [5, 5.41) is 20.9. The van der Waals surface area contributed by atoms with Gasteiger partial charge >= 0.3 is 0 Å². The zero-order valence-electron chi connectivity index (χ0n) is 20.1. The smallest absolute Gasteiger partial charge is 0.0822 e. The fourth-order valence-corrected chi connectivity index (χ4v) is 7.56. The highest BCUT2D eigenvalue weighted by Crippen LogP contribution is 2.66. The average Bonchev–Trinajstić information content (AvgIpc) is 3.04. The summed E-state index contributed by atoms with van der Waals surface area (Å²) in [6, 6.07) is 0. The fourth-order valence-electron chi connectivity index (χ4n) is 7.56. The van der Waals surface area contributed by atoms with Crippen molar-refractivity contribution in [2.75, 3.05) is 0 Å². The number of aliphatic hydroxyl groups is 2. The molecule has 0 aromatic carbocycles. The number of allylic oxidation sites excluding steroid dienone is 4. The van der Waals surface area contributed by atoms with Crippen LogP contribution in [0.3, 0.4) is 0 Å². The van der Waals surface area contributed by atoms with E-state index in [0.29, 0.717) is 29.1 Å². The second-order valence-electron chi connectivity index (χ2n) is 12.1. The van der Waals surface area contributed by atoms with Crippen molar-refractivity contribution in [3.8, 4) is 0 Å². The predicted octanol–water partition coefficient (Wildman–Crippen LogP) is 6.45. The van der Waals surface area contributed by atoms with Crippen LogP contribution in [0.25, 0.3) is 0 Å². The summed E-state index contributed by atoms with van der Waals surface area (Å²) >= 11 is 0. The van der Waals surface area contributed by atoms with Gasteiger partial charge in [0.1, 0.15) is 0 Å². The molecule has 0 saturated heterocycles. The van der Waals surface area contributed by atoms with Crippen LogP contribution in [-0.2, 0) is 0 Å². The van der Waals surface area contributed by atoms with Crippen molar-refractivity contribution in [2.45, 2.75) is 98.2 Å². The van der Waals surface area contributed by atoms with Crippen LogP contribution in [0.15, 0.2) is 35.5 Å². The lowest BCUT2D eigenvalue weighted by Crippen LogP contribution is -2.46. The molecule has 2 nitrogen and oxygen atoms in total. The highest BCUT2D eigenvalue weighted by Gasteiger charge is 2.56. The van der Waals surface area contributed by atoms with Gasteiger partial charge < -0.3 is 10.2 Å². The standard InChI is InChI=1S/C28H44O2/c1-18(2)28(6,30)16-11-19(3)23-9-10-24-22-8-7-20-17-21(29)12-14-26(20,4)25(22)13-15-27(23,24)5/h7-8,11,16,18-19,21,23-25,29-30H,9-10,12-15,17H2,1-6H3/b16-11+/t19-,21+,23-,24+,25+,26+,27-,28-/m1/s1. The highest BCUT2D eigenvalue weighted by atomic mass is 16.3. The Morgan fingerprint density at radius 2 is 1.77 bits per heavy atom. The van der Waals surface area contributed by atoms with Crippen molar-refractivity contribution in [3.63, 3.8) is 0 Å². The third kappa shape index (κ3) is 3.47. The summed E-state index contributed by atoms with van der Waals surface area (Å²) < 4.78 is 0. The lowest BCUT2D eigenvalue weighted by atomic mass is 9.50. The predicted molar refractivity (Wildman–Crippen MR) is 125 cm³/mol. The molecule has 0 aromatic heterocycles. The first-order valence-electron chi connectivity index (χ1n) is 12.5. The van der Waals surface area contributed by atoms with E-state index in [1.54, 1.807) is 5.57 Å². The minimum Gasteiger partial charge on any atom is -0.393 e. The molecule has 0 spiro atoms. The SMILES string of the molecule is CC(C)[C@](C)(O)/C=C/[C@@H](C)[C@H]1CC[C@H]2C3=CC=C4C[C@@H](O)CC[C@]4(C)[C@H]3CC[C@]12C. The van der Waals surface area contributed by atoms with Crippen molar-refractivity contribution in [3.05, 3.63) is 35.5 Å². The molecule has 3 fully saturated rings. The molecule has 0 radical (unpaired) electrons. The van der Waals surface area contributed by atoms with E-state index < -0.39 is 5.60 Å². The number of rotatable bonds is 4. The highest BCUT2D eigenvalue weighted by molar-refractivity contribution is 5.39. The zero-order valence-corrected chi connectivity index (χ0v) is 20.1. The Morgan fingerprint density at radius 3 is 2.47 bits per heavy atom. The molecule has 4 rings (SSSR count). The molecule has 2 N–H and O–H groups in total. The van der Waals surface area contributed by atoms with Crippen LogP contribution >= 0.6 is 0 Å².